The SMILES string of the molecule is COCSSC. The molecular weight excluding hydrogens is 116 g/mol. The summed E-state index contributed by atoms with van der Waals surface area (Å²) < 4.78 is 4.72. The number of hydrogen-bond acceptors (Lipinski definition) is 3. The summed E-state index contributed by atoms with van der Waals surface area (Å²) in [5, 5.41) is 0. The molecule has 0 atom stereocenters. The molecule has 38 valence electrons. The van der Waals surface area contributed by atoms with Gasteiger partial charge in [-0.05, 0) is 6.26 Å². The highest BCUT2D eigenvalue weighted by molar-refractivity contribution is 8.76. The largest absolute Gasteiger partial charge is 0.373 e. The fourth-order valence-corrected chi connectivity index (χ4v) is 0.866. The first-order chi connectivity index (χ1) is 2.91. The van der Waals surface area contributed by atoms with Crippen molar-refractivity contribution in [2.45, 2.75) is 0 Å². The minimum absolute atomic E-state index is 0.793. The summed E-state index contributed by atoms with van der Waals surface area (Å²) in [4.78, 5) is 0. The van der Waals surface area contributed by atoms with E-state index >= 15 is 0 Å². The van der Waals surface area contributed by atoms with Crippen LogP contribution in [-0.4, -0.2) is 19.3 Å². The summed E-state index contributed by atoms with van der Waals surface area (Å²) in [6.45, 7) is 0. The molecule has 0 fully saturated rings. The van der Waals surface area contributed by atoms with Crippen molar-refractivity contribution < 1.29 is 4.74 Å². The van der Waals surface area contributed by atoms with Crippen molar-refractivity contribution in [2.24, 2.45) is 0 Å². The van der Waals surface area contributed by atoms with E-state index in [1.54, 1.807) is 28.7 Å². The van der Waals surface area contributed by atoms with Crippen molar-refractivity contribution in [1.29, 1.82) is 0 Å². The Bertz CT molecular complexity index is 20.8. The van der Waals surface area contributed by atoms with E-state index in [2.05, 4.69) is 0 Å². The fraction of sp³-hybridized carbons (Fsp3) is 1.00. The van der Waals surface area contributed by atoms with Gasteiger partial charge in [-0.1, -0.05) is 21.6 Å². The summed E-state index contributed by atoms with van der Waals surface area (Å²) in [6, 6.07) is 0. The Labute approximate surface area is 46.2 Å². The van der Waals surface area contributed by atoms with Crippen molar-refractivity contribution in [3.05, 3.63) is 0 Å². The van der Waals surface area contributed by atoms with Crippen molar-refractivity contribution in [3.8, 4) is 0 Å². The van der Waals surface area contributed by atoms with Crippen LogP contribution in [0.25, 0.3) is 0 Å². The third kappa shape index (κ3) is 4.66. The number of rotatable bonds is 3. The van der Waals surface area contributed by atoms with Crippen molar-refractivity contribution in [2.75, 3.05) is 19.3 Å². The Morgan fingerprint density at radius 1 is 1.67 bits per heavy atom. The van der Waals surface area contributed by atoms with Crippen LogP contribution in [0.4, 0.5) is 0 Å². The molecule has 0 bridgehead atoms. The van der Waals surface area contributed by atoms with E-state index in [-0.39, 0.29) is 0 Å². The quantitative estimate of drug-likeness (QED) is 0.321. The summed E-state index contributed by atoms with van der Waals surface area (Å²) in [5.74, 6) is 0.793. The molecule has 0 saturated carbocycles. The molecule has 0 N–H and O–H groups in total. The zero-order valence-electron chi connectivity index (χ0n) is 3.93. The van der Waals surface area contributed by atoms with Gasteiger partial charge in [-0.3, -0.25) is 0 Å². The lowest BCUT2D eigenvalue weighted by atomic mass is 11.5. The average molecular weight is 124 g/mol. The average Bonchev–Trinajstić information content (AvgIpc) is 1.61. The topological polar surface area (TPSA) is 9.23 Å². The second-order valence-electron chi connectivity index (χ2n) is 0.691. The first-order valence-corrected chi connectivity index (χ1v) is 4.29. The second kappa shape index (κ2) is 5.66. The van der Waals surface area contributed by atoms with E-state index < -0.39 is 0 Å². The maximum Gasteiger partial charge on any atom is 0.102 e. The molecule has 0 aromatic heterocycles. The highest BCUT2D eigenvalue weighted by Crippen LogP contribution is 2.15. The van der Waals surface area contributed by atoms with Crippen molar-refractivity contribution >= 4 is 21.6 Å². The van der Waals surface area contributed by atoms with Crippen LogP contribution < -0.4 is 0 Å². The Balaban J connectivity index is 2.34. The maximum atomic E-state index is 4.72. The van der Waals surface area contributed by atoms with E-state index in [0.29, 0.717) is 0 Å². The molecule has 6 heavy (non-hydrogen) atoms. The molecule has 0 aliphatic heterocycles. The summed E-state index contributed by atoms with van der Waals surface area (Å²) >= 11 is 0. The molecular formula is C3H8OS2. The summed E-state index contributed by atoms with van der Waals surface area (Å²) in [7, 11) is 5.12. The van der Waals surface area contributed by atoms with E-state index in [4.69, 9.17) is 4.74 Å². The molecule has 0 aromatic carbocycles. The molecule has 0 spiro atoms. The molecule has 0 aliphatic rings. The molecule has 0 rings (SSSR count). The van der Waals surface area contributed by atoms with E-state index in [9.17, 15) is 0 Å². The van der Waals surface area contributed by atoms with Gasteiger partial charge in [0.2, 0.25) is 0 Å². The first kappa shape index (κ1) is 6.66. The van der Waals surface area contributed by atoms with Crippen molar-refractivity contribution in [3.63, 3.8) is 0 Å². The van der Waals surface area contributed by atoms with Crippen LogP contribution in [0.3, 0.4) is 0 Å². The van der Waals surface area contributed by atoms with Gasteiger partial charge in [-0.15, -0.1) is 0 Å². The predicted octanol–water partition coefficient (Wildman–Crippen LogP) is 1.60. The molecule has 0 radical (unpaired) electrons. The highest BCUT2D eigenvalue weighted by Gasteiger charge is 1.74. The van der Waals surface area contributed by atoms with E-state index in [1.165, 1.54) is 0 Å². The van der Waals surface area contributed by atoms with Crippen LogP contribution in [0.1, 0.15) is 0 Å². The lowest BCUT2D eigenvalue weighted by Gasteiger charge is -1.88. The lowest BCUT2D eigenvalue weighted by Crippen LogP contribution is -1.74. The zero-order chi connectivity index (χ0) is 4.83. The standard InChI is InChI=1S/C3H8OS2/c1-4-3-6-5-2/h3H2,1-2H3. The van der Waals surface area contributed by atoms with Gasteiger partial charge in [-0.25, -0.2) is 0 Å². The molecule has 0 unspecified atom stereocenters. The summed E-state index contributed by atoms with van der Waals surface area (Å²) in [5.41, 5.74) is 0. The predicted molar refractivity (Wildman–Crippen MR) is 33.0 cm³/mol. The number of hydrogen-bond donors (Lipinski definition) is 0. The van der Waals surface area contributed by atoms with Crippen LogP contribution >= 0.6 is 21.6 Å². The lowest BCUT2D eigenvalue weighted by molar-refractivity contribution is 0.260. The van der Waals surface area contributed by atoms with Gasteiger partial charge in [0, 0.05) is 7.11 Å². The minimum atomic E-state index is 0.793. The Morgan fingerprint density at radius 3 is 2.50 bits per heavy atom. The molecule has 0 heterocycles. The van der Waals surface area contributed by atoms with Gasteiger partial charge in [0.25, 0.3) is 0 Å². The molecule has 0 aliphatic carbocycles. The van der Waals surface area contributed by atoms with Crippen molar-refractivity contribution in [1.82, 2.24) is 0 Å². The van der Waals surface area contributed by atoms with Gasteiger partial charge >= 0.3 is 0 Å². The zero-order valence-corrected chi connectivity index (χ0v) is 5.56. The van der Waals surface area contributed by atoms with Gasteiger partial charge in [0.1, 0.15) is 5.94 Å². The first-order valence-electron chi connectivity index (χ1n) is 1.56. The molecule has 0 amide bonds. The smallest absolute Gasteiger partial charge is 0.102 e. The second-order valence-corrected chi connectivity index (χ2v) is 3.20. The third-order valence-electron chi connectivity index (χ3n) is 0.284. The minimum Gasteiger partial charge on any atom is -0.373 e. The van der Waals surface area contributed by atoms with Gasteiger partial charge in [0.05, 0.1) is 0 Å². The van der Waals surface area contributed by atoms with E-state index in [0.717, 1.165) is 5.94 Å². The fourth-order valence-electron chi connectivity index (χ4n) is 0.0962. The Morgan fingerprint density at radius 2 is 2.33 bits per heavy atom. The summed E-state index contributed by atoms with van der Waals surface area (Å²) in [6.07, 6.45) is 2.03. The third-order valence-corrected chi connectivity index (χ3v) is 1.85. The molecule has 3 heteroatoms. The van der Waals surface area contributed by atoms with Crippen LogP contribution in [0.5, 0.6) is 0 Å². The van der Waals surface area contributed by atoms with Gasteiger partial charge in [0.15, 0.2) is 0 Å². The normalized spacial score (nSPS) is 9.00. The van der Waals surface area contributed by atoms with Gasteiger partial charge < -0.3 is 4.74 Å². The van der Waals surface area contributed by atoms with Gasteiger partial charge in [-0.2, -0.15) is 0 Å². The van der Waals surface area contributed by atoms with Crippen LogP contribution in [0.2, 0.25) is 0 Å². The Kier molecular flexibility index (Phi) is 6.28. The number of methoxy groups -OCH3 is 1. The van der Waals surface area contributed by atoms with Crippen LogP contribution in [0, 0.1) is 0 Å². The monoisotopic (exact) mass is 124 g/mol. The molecule has 0 aromatic rings. The maximum absolute atomic E-state index is 4.72. The van der Waals surface area contributed by atoms with Crippen LogP contribution in [-0.2, 0) is 4.74 Å². The Hall–Kier alpha value is 0.660. The number of ether oxygens (including phenoxy) is 1. The van der Waals surface area contributed by atoms with E-state index in [1.807, 2.05) is 6.26 Å². The molecule has 0 saturated heterocycles. The van der Waals surface area contributed by atoms with Crippen LogP contribution in [0.15, 0.2) is 0 Å². The molecule has 1 nitrogen and oxygen atoms in total. The highest BCUT2D eigenvalue weighted by atomic mass is 33.1.